The number of alkyl halides is 2. The van der Waals surface area contributed by atoms with Gasteiger partial charge in [0.2, 0.25) is 0 Å². The highest BCUT2D eigenvalue weighted by atomic mass is 19.3. The van der Waals surface area contributed by atoms with Crippen LogP contribution >= 0.6 is 0 Å². The van der Waals surface area contributed by atoms with Gasteiger partial charge in [-0.25, -0.2) is 9.29 Å². The Kier molecular flexibility index (Phi) is 3.96. The largest absolute Gasteiger partial charge is 0.483 e. The van der Waals surface area contributed by atoms with Gasteiger partial charge in [0.05, 0.1) is 17.9 Å². The molecule has 3 amide bonds. The Labute approximate surface area is 157 Å². The number of ether oxygens (including phenoxy) is 1. The summed E-state index contributed by atoms with van der Waals surface area (Å²) in [4.78, 5) is 38.5. The van der Waals surface area contributed by atoms with Crippen molar-refractivity contribution in [3.63, 3.8) is 0 Å². The molecule has 0 saturated carbocycles. The maximum Gasteiger partial charge on any atom is 0.483 e. The summed E-state index contributed by atoms with van der Waals surface area (Å²) in [7, 11) is 0. The predicted molar refractivity (Wildman–Crippen MR) is 91.1 cm³/mol. The quantitative estimate of drug-likeness (QED) is 0.575. The Morgan fingerprint density at radius 1 is 1.07 bits per heavy atom. The number of fused-ring (bicyclic) bond motifs is 1. The fourth-order valence-corrected chi connectivity index (χ4v) is 3.65. The maximum atomic E-state index is 14.7. The van der Waals surface area contributed by atoms with Gasteiger partial charge in [0, 0.05) is 17.2 Å². The molecule has 0 aromatic heterocycles. The number of anilines is 2. The van der Waals surface area contributed by atoms with Gasteiger partial charge >= 0.3 is 12.0 Å². The van der Waals surface area contributed by atoms with Crippen LogP contribution in [0, 0.1) is 18.2 Å². The number of terminal acetylenes is 1. The van der Waals surface area contributed by atoms with Gasteiger partial charge < -0.3 is 4.74 Å². The molecule has 1 aliphatic carbocycles. The SMILES string of the molecule is C#CCN1C(=O)C(F)(F)Oc2cc(F)c(N3C(=O)C4=C(CCCC4)C3=O)cc21. The summed E-state index contributed by atoms with van der Waals surface area (Å²) in [6.07, 6.45) is 3.26. The van der Waals surface area contributed by atoms with E-state index >= 15 is 0 Å². The van der Waals surface area contributed by atoms with Crippen molar-refractivity contribution in [2.75, 3.05) is 16.3 Å². The van der Waals surface area contributed by atoms with Crippen molar-refractivity contribution < 1.29 is 32.3 Å². The number of amides is 3. The van der Waals surface area contributed by atoms with Crippen LogP contribution in [0.4, 0.5) is 24.5 Å². The molecular weight excluding hydrogens is 377 g/mol. The molecule has 6 nitrogen and oxygen atoms in total. The number of carbonyl (C=O) groups excluding carboxylic acids is 3. The zero-order chi connectivity index (χ0) is 20.2. The van der Waals surface area contributed by atoms with E-state index in [1.165, 1.54) is 0 Å². The molecule has 2 heterocycles. The van der Waals surface area contributed by atoms with Gasteiger partial charge in [-0.05, 0) is 31.7 Å². The van der Waals surface area contributed by atoms with Crippen LogP contribution in [0.1, 0.15) is 25.7 Å². The number of rotatable bonds is 2. The highest BCUT2D eigenvalue weighted by Crippen LogP contribution is 2.44. The van der Waals surface area contributed by atoms with Crippen molar-refractivity contribution in [1.82, 2.24) is 0 Å². The van der Waals surface area contributed by atoms with Crippen molar-refractivity contribution in [3.8, 4) is 18.1 Å². The number of halogens is 3. The Morgan fingerprint density at radius 3 is 2.25 bits per heavy atom. The summed E-state index contributed by atoms with van der Waals surface area (Å²) in [5, 5.41) is 0. The Bertz CT molecular complexity index is 981. The Balaban J connectivity index is 1.82. The average Bonchev–Trinajstić information content (AvgIpc) is 2.90. The standard InChI is InChI=1S/C19H13F3N2O4/c1-2-7-23-14-9-13(12(20)8-15(14)28-19(21,22)18(23)27)24-16(25)10-5-3-4-6-11(10)17(24)26/h1,8-9H,3-7H2. The van der Waals surface area contributed by atoms with Gasteiger partial charge in [0.15, 0.2) is 11.6 Å². The van der Waals surface area contributed by atoms with Crippen LogP contribution in [-0.2, 0) is 14.4 Å². The molecule has 1 aromatic rings. The molecule has 4 rings (SSSR count). The third-order valence-corrected chi connectivity index (χ3v) is 4.93. The molecule has 2 aliphatic heterocycles. The van der Waals surface area contributed by atoms with Crippen LogP contribution in [0.3, 0.4) is 0 Å². The summed E-state index contributed by atoms with van der Waals surface area (Å²) in [5.41, 5.74) is 0.00274. The fourth-order valence-electron chi connectivity index (χ4n) is 3.65. The van der Waals surface area contributed by atoms with Crippen molar-refractivity contribution in [2.45, 2.75) is 31.8 Å². The molecule has 3 aliphatic rings. The predicted octanol–water partition coefficient (Wildman–Crippen LogP) is 2.52. The minimum Gasteiger partial charge on any atom is -0.423 e. The van der Waals surface area contributed by atoms with E-state index in [1.807, 2.05) is 0 Å². The maximum absolute atomic E-state index is 14.7. The molecule has 0 saturated heterocycles. The highest BCUT2D eigenvalue weighted by Gasteiger charge is 2.51. The highest BCUT2D eigenvalue weighted by molar-refractivity contribution is 6.33. The van der Waals surface area contributed by atoms with E-state index < -0.39 is 47.6 Å². The lowest BCUT2D eigenvalue weighted by atomic mass is 9.93. The van der Waals surface area contributed by atoms with Gasteiger partial charge in [-0.2, -0.15) is 8.78 Å². The zero-order valence-corrected chi connectivity index (χ0v) is 14.4. The van der Waals surface area contributed by atoms with E-state index in [4.69, 9.17) is 6.42 Å². The van der Waals surface area contributed by atoms with Crippen LogP contribution in [0.25, 0.3) is 0 Å². The second-order valence-corrected chi connectivity index (χ2v) is 6.60. The fraction of sp³-hybridized carbons (Fsp3) is 0.316. The van der Waals surface area contributed by atoms with E-state index in [0.29, 0.717) is 39.9 Å². The number of hydrogen-bond donors (Lipinski definition) is 0. The van der Waals surface area contributed by atoms with Crippen LogP contribution in [0.15, 0.2) is 23.3 Å². The Hall–Kier alpha value is -3.28. The molecule has 0 unspecified atom stereocenters. The van der Waals surface area contributed by atoms with Crippen molar-refractivity contribution in [3.05, 3.63) is 29.1 Å². The monoisotopic (exact) mass is 390 g/mol. The molecule has 0 N–H and O–H groups in total. The van der Waals surface area contributed by atoms with Crippen LogP contribution in [0.2, 0.25) is 0 Å². The molecule has 0 bridgehead atoms. The zero-order valence-electron chi connectivity index (χ0n) is 14.4. The van der Waals surface area contributed by atoms with E-state index in [-0.39, 0.29) is 5.69 Å². The van der Waals surface area contributed by atoms with Gasteiger partial charge in [0.1, 0.15) is 0 Å². The first-order chi connectivity index (χ1) is 13.3. The molecule has 144 valence electrons. The Morgan fingerprint density at radius 2 is 1.68 bits per heavy atom. The summed E-state index contributed by atoms with van der Waals surface area (Å²) >= 11 is 0. The van der Waals surface area contributed by atoms with Gasteiger partial charge in [0.25, 0.3) is 11.8 Å². The van der Waals surface area contributed by atoms with Crippen LogP contribution in [0.5, 0.6) is 5.75 Å². The van der Waals surface area contributed by atoms with Gasteiger partial charge in [-0.15, -0.1) is 6.42 Å². The van der Waals surface area contributed by atoms with Crippen LogP contribution in [-0.4, -0.2) is 30.4 Å². The first-order valence-electron chi connectivity index (χ1n) is 8.53. The number of nitrogens with zero attached hydrogens (tertiary/aromatic N) is 2. The van der Waals surface area contributed by atoms with Crippen molar-refractivity contribution >= 4 is 29.1 Å². The average molecular weight is 390 g/mol. The second-order valence-electron chi connectivity index (χ2n) is 6.60. The van der Waals surface area contributed by atoms with E-state index in [1.54, 1.807) is 0 Å². The van der Waals surface area contributed by atoms with E-state index in [9.17, 15) is 27.6 Å². The second kappa shape index (κ2) is 6.12. The lowest BCUT2D eigenvalue weighted by Crippen LogP contribution is -2.51. The van der Waals surface area contributed by atoms with Crippen molar-refractivity contribution in [2.24, 2.45) is 0 Å². The number of carbonyl (C=O) groups is 3. The molecule has 0 radical (unpaired) electrons. The molecule has 0 atom stereocenters. The first kappa shape index (κ1) is 18.1. The normalized spacial score (nSPS) is 20.7. The summed E-state index contributed by atoms with van der Waals surface area (Å²) in [6.45, 7) is -0.521. The molecule has 1 aromatic carbocycles. The van der Waals surface area contributed by atoms with Crippen molar-refractivity contribution in [1.29, 1.82) is 0 Å². The third-order valence-electron chi connectivity index (χ3n) is 4.93. The lowest BCUT2D eigenvalue weighted by molar-refractivity contribution is -0.192. The minimum absolute atomic E-state index is 0.240. The number of benzene rings is 1. The number of hydrogen-bond acceptors (Lipinski definition) is 4. The van der Waals surface area contributed by atoms with E-state index in [0.717, 1.165) is 18.9 Å². The summed E-state index contributed by atoms with van der Waals surface area (Å²) in [6, 6.07) is 1.58. The first-order valence-corrected chi connectivity index (χ1v) is 8.53. The number of imide groups is 1. The molecule has 0 spiro atoms. The van der Waals surface area contributed by atoms with Gasteiger partial charge in [-0.1, -0.05) is 5.92 Å². The lowest BCUT2D eigenvalue weighted by Gasteiger charge is -2.33. The molecular formula is C19H13F3N2O4. The molecule has 28 heavy (non-hydrogen) atoms. The molecule has 0 fully saturated rings. The van der Waals surface area contributed by atoms with E-state index in [2.05, 4.69) is 10.7 Å². The van der Waals surface area contributed by atoms with Crippen LogP contribution < -0.4 is 14.5 Å². The molecule has 9 heteroatoms. The topological polar surface area (TPSA) is 66.9 Å². The summed E-state index contributed by atoms with van der Waals surface area (Å²) < 4.78 is 46.6. The minimum atomic E-state index is -4.21. The summed E-state index contributed by atoms with van der Waals surface area (Å²) in [5.74, 6) is -2.65. The smallest absolute Gasteiger partial charge is 0.423 e. The van der Waals surface area contributed by atoms with Gasteiger partial charge in [-0.3, -0.25) is 19.3 Å². The third kappa shape index (κ3) is 2.48.